The number of nitrogens with zero attached hydrogens (tertiary/aromatic N) is 1. The smallest absolute Gasteiger partial charge is 0.200 e. The van der Waals surface area contributed by atoms with E-state index in [1.54, 1.807) is 6.07 Å². The molecule has 0 N–H and O–H groups in total. The molecule has 3 nitrogen and oxygen atoms in total. The van der Waals surface area contributed by atoms with Gasteiger partial charge < -0.3 is 4.42 Å². The van der Waals surface area contributed by atoms with Crippen molar-refractivity contribution in [2.75, 3.05) is 0 Å². The van der Waals surface area contributed by atoms with Crippen molar-refractivity contribution in [1.29, 1.82) is 0 Å². The highest BCUT2D eigenvalue weighted by Crippen LogP contribution is 2.35. The molecule has 27 heavy (non-hydrogen) atoms. The summed E-state index contributed by atoms with van der Waals surface area (Å²) in [4.78, 5) is 17.4. The van der Waals surface area contributed by atoms with Gasteiger partial charge in [0.2, 0.25) is 5.78 Å². The minimum absolute atomic E-state index is 0.0237. The van der Waals surface area contributed by atoms with Crippen LogP contribution in [0.4, 0.5) is 0 Å². The highest BCUT2D eigenvalue weighted by atomic mass is 35.5. The molecule has 0 bridgehead atoms. The van der Waals surface area contributed by atoms with Crippen LogP contribution < -0.4 is 5.30 Å². The molecule has 2 unspecified atom stereocenters. The first kappa shape index (κ1) is 20.0. The number of halogens is 1. The summed E-state index contributed by atoms with van der Waals surface area (Å²) in [6.07, 6.45) is 0.780. The van der Waals surface area contributed by atoms with Crippen LogP contribution >= 0.6 is 20.8 Å². The number of hydrogen-bond acceptors (Lipinski definition) is 3. The third-order valence-corrected chi connectivity index (χ3v) is 5.89. The number of fused-ring (bicyclic) bond motifs is 1. The van der Waals surface area contributed by atoms with Crippen LogP contribution in [0.1, 0.15) is 57.2 Å². The predicted molar refractivity (Wildman–Crippen MR) is 116 cm³/mol. The summed E-state index contributed by atoms with van der Waals surface area (Å²) in [6.45, 7) is 10.3. The van der Waals surface area contributed by atoms with E-state index in [0.29, 0.717) is 21.9 Å². The molecule has 0 aliphatic rings. The molecule has 3 rings (SSSR count). The lowest BCUT2D eigenvalue weighted by Crippen LogP contribution is -2.12. The molecule has 142 valence electrons. The summed E-state index contributed by atoms with van der Waals surface area (Å²) in [5.74, 6) is 0.340. The number of pyridine rings is 1. The number of benzene rings is 1. The number of ketones is 1. The molecule has 0 aliphatic heterocycles. The Morgan fingerprint density at radius 3 is 2.56 bits per heavy atom. The Morgan fingerprint density at radius 2 is 1.96 bits per heavy atom. The van der Waals surface area contributed by atoms with Gasteiger partial charge in [-0.2, -0.15) is 0 Å². The summed E-state index contributed by atoms with van der Waals surface area (Å²) in [5, 5.41) is 1.62. The van der Waals surface area contributed by atoms with Crippen molar-refractivity contribution in [3.05, 3.63) is 46.7 Å². The third kappa shape index (κ3) is 3.95. The van der Waals surface area contributed by atoms with E-state index in [1.165, 1.54) is 0 Å². The fourth-order valence-electron chi connectivity index (χ4n) is 2.98. The highest BCUT2D eigenvalue weighted by Gasteiger charge is 2.25. The van der Waals surface area contributed by atoms with Gasteiger partial charge in [0.25, 0.3) is 0 Å². The fourth-order valence-corrected chi connectivity index (χ4v) is 3.37. The molecule has 2 heterocycles. The molecular weight excluding hydrogens is 377 g/mol. The Labute approximate surface area is 167 Å². The zero-order valence-electron chi connectivity index (χ0n) is 16.4. The Bertz CT molecular complexity index is 1020. The lowest BCUT2D eigenvalue weighted by atomic mass is 9.86. The minimum Gasteiger partial charge on any atom is -0.451 e. The minimum atomic E-state index is -0.152. The van der Waals surface area contributed by atoms with Gasteiger partial charge in [-0.3, -0.25) is 4.79 Å². The first-order chi connectivity index (χ1) is 12.6. The maximum Gasteiger partial charge on any atom is 0.200 e. The topological polar surface area (TPSA) is 43.1 Å². The quantitative estimate of drug-likeness (QED) is 0.387. The number of carbonyl (C=O) groups excluding carboxylic acids is 1. The molecule has 0 amide bonds. The van der Waals surface area contributed by atoms with Gasteiger partial charge in [0.1, 0.15) is 5.52 Å². The van der Waals surface area contributed by atoms with Gasteiger partial charge in [0, 0.05) is 28.1 Å². The normalized spacial score (nSPS) is 13.1. The van der Waals surface area contributed by atoms with E-state index in [9.17, 15) is 4.79 Å². The van der Waals surface area contributed by atoms with Gasteiger partial charge in [0.15, 0.2) is 11.3 Å². The van der Waals surface area contributed by atoms with E-state index >= 15 is 0 Å². The van der Waals surface area contributed by atoms with E-state index < -0.39 is 0 Å². The molecule has 0 radical (unpaired) electrons. The Balaban J connectivity index is 2.23. The number of hydrogen-bond donors (Lipinski definition) is 0. The monoisotopic (exact) mass is 401 g/mol. The van der Waals surface area contributed by atoms with Gasteiger partial charge >= 0.3 is 0 Å². The molecule has 2 aromatic heterocycles. The first-order valence-electron chi connectivity index (χ1n) is 9.16. The van der Waals surface area contributed by atoms with Crippen LogP contribution in [0, 0.1) is 5.92 Å². The zero-order chi connectivity index (χ0) is 19.9. The molecular formula is C22H25ClNO2P. The van der Waals surface area contributed by atoms with E-state index in [2.05, 4.69) is 36.1 Å². The Hall–Kier alpha value is -1.70. The standard InChI is InChI=1S/C22H25ClNO2P/c1-6-12(2)20(25)18-11-17-21(26-18)14(22(3,4)5)10-16(24-17)13-7-8-15(23)19(27)9-13/h7-12H,6,27H2,1-5H3. The molecule has 5 heteroatoms. The van der Waals surface area contributed by atoms with Gasteiger partial charge in [-0.25, -0.2) is 4.98 Å². The van der Waals surface area contributed by atoms with E-state index in [0.717, 1.165) is 28.5 Å². The van der Waals surface area contributed by atoms with Crippen LogP contribution in [0.15, 0.2) is 34.7 Å². The fraction of sp³-hybridized carbons (Fsp3) is 0.364. The van der Waals surface area contributed by atoms with Crippen LogP contribution in [0.2, 0.25) is 5.02 Å². The Kier molecular flexibility index (Phi) is 5.47. The number of rotatable bonds is 4. The average molecular weight is 402 g/mol. The molecule has 1 aromatic carbocycles. The highest BCUT2D eigenvalue weighted by molar-refractivity contribution is 7.28. The SMILES string of the molecule is CCC(C)C(=O)c1cc2nc(-c3ccc(Cl)c(P)c3)cc(C(C)(C)C)c2o1. The summed E-state index contributed by atoms with van der Waals surface area (Å²) < 4.78 is 6.01. The summed E-state index contributed by atoms with van der Waals surface area (Å²) in [6, 6.07) is 9.66. The van der Waals surface area contributed by atoms with Gasteiger partial charge in [-0.1, -0.05) is 52.3 Å². The van der Waals surface area contributed by atoms with Gasteiger partial charge in [-0.15, -0.1) is 9.24 Å². The van der Waals surface area contributed by atoms with E-state index in [4.69, 9.17) is 21.0 Å². The Morgan fingerprint density at radius 1 is 1.26 bits per heavy atom. The summed E-state index contributed by atoms with van der Waals surface area (Å²) in [5.41, 5.74) is 4.11. The van der Waals surface area contributed by atoms with E-state index in [1.807, 2.05) is 32.0 Å². The largest absolute Gasteiger partial charge is 0.451 e. The van der Waals surface area contributed by atoms with Crippen molar-refractivity contribution in [3.8, 4) is 11.3 Å². The molecule has 0 fully saturated rings. The third-order valence-electron chi connectivity index (χ3n) is 4.88. The molecule has 0 saturated carbocycles. The van der Waals surface area contributed by atoms with Crippen LogP contribution in [0.25, 0.3) is 22.4 Å². The number of aromatic nitrogens is 1. The molecule has 0 saturated heterocycles. The lowest BCUT2D eigenvalue weighted by molar-refractivity contribution is 0.0901. The van der Waals surface area contributed by atoms with Crippen molar-refractivity contribution in [2.45, 2.75) is 46.5 Å². The molecule has 0 spiro atoms. The summed E-state index contributed by atoms with van der Waals surface area (Å²) in [7, 11) is 2.65. The lowest BCUT2D eigenvalue weighted by Gasteiger charge is -2.20. The number of Topliss-reactive ketones (excluding diaryl/α,β-unsaturated/α-hetero) is 1. The van der Waals surface area contributed by atoms with Crippen LogP contribution in [-0.2, 0) is 5.41 Å². The van der Waals surface area contributed by atoms with Gasteiger partial charge in [0.05, 0.1) is 5.69 Å². The maximum atomic E-state index is 12.6. The van der Waals surface area contributed by atoms with Crippen molar-refractivity contribution in [1.82, 2.24) is 4.98 Å². The second-order valence-corrected chi connectivity index (χ2v) is 9.07. The maximum absolute atomic E-state index is 12.6. The van der Waals surface area contributed by atoms with Crippen LogP contribution in [-0.4, -0.2) is 10.8 Å². The predicted octanol–water partition coefficient (Wildman–Crippen LogP) is 6.17. The van der Waals surface area contributed by atoms with Crippen molar-refractivity contribution in [3.63, 3.8) is 0 Å². The van der Waals surface area contributed by atoms with Crippen molar-refractivity contribution >= 4 is 43.0 Å². The molecule has 0 aliphatic carbocycles. The first-order valence-corrected chi connectivity index (χ1v) is 10.1. The van der Waals surface area contributed by atoms with Crippen LogP contribution in [0.3, 0.4) is 0 Å². The molecule has 2 atom stereocenters. The zero-order valence-corrected chi connectivity index (χ0v) is 18.3. The van der Waals surface area contributed by atoms with Crippen molar-refractivity contribution < 1.29 is 9.21 Å². The number of carbonyl (C=O) groups is 1. The molecule has 3 aromatic rings. The van der Waals surface area contributed by atoms with Crippen LogP contribution in [0.5, 0.6) is 0 Å². The van der Waals surface area contributed by atoms with Gasteiger partial charge in [-0.05, 0) is 35.3 Å². The second-order valence-electron chi connectivity index (χ2n) is 8.04. The second kappa shape index (κ2) is 7.37. The number of furan rings is 1. The summed E-state index contributed by atoms with van der Waals surface area (Å²) >= 11 is 6.15. The van der Waals surface area contributed by atoms with E-state index in [-0.39, 0.29) is 17.1 Å². The average Bonchev–Trinajstić information content (AvgIpc) is 3.04. The van der Waals surface area contributed by atoms with Crippen molar-refractivity contribution in [2.24, 2.45) is 5.92 Å².